The molecule has 0 radical (unpaired) electrons. The van der Waals surface area contributed by atoms with Crippen LogP contribution in [0.5, 0.6) is 0 Å². The number of nitrogens with two attached hydrogens (primary N) is 1. The number of halogens is 1. The van der Waals surface area contributed by atoms with Crippen LogP contribution in [0.15, 0.2) is 58.0 Å². The first-order valence-corrected chi connectivity index (χ1v) is 11.0. The SMILES string of the molecule is CNS(=O)(=O)c1ccc(Nc2ncc(Br)c(Nc3cccc(C)c3C(N)=O)n2)cc1. The van der Waals surface area contributed by atoms with Crippen molar-refractivity contribution in [3.63, 3.8) is 0 Å². The van der Waals surface area contributed by atoms with E-state index in [4.69, 9.17) is 5.73 Å². The van der Waals surface area contributed by atoms with Gasteiger partial charge in [-0.3, -0.25) is 4.79 Å². The summed E-state index contributed by atoms with van der Waals surface area (Å²) in [4.78, 5) is 20.6. The highest BCUT2D eigenvalue weighted by molar-refractivity contribution is 9.10. The number of carbonyl (C=O) groups is 1. The van der Waals surface area contributed by atoms with Crippen molar-refractivity contribution in [2.75, 3.05) is 17.7 Å². The van der Waals surface area contributed by atoms with Crippen molar-refractivity contribution in [2.45, 2.75) is 11.8 Å². The zero-order chi connectivity index (χ0) is 21.9. The first kappa shape index (κ1) is 21.7. The minimum absolute atomic E-state index is 0.146. The number of nitrogens with one attached hydrogen (secondary N) is 3. The second kappa shape index (κ2) is 8.78. The van der Waals surface area contributed by atoms with Crippen LogP contribution in [0.2, 0.25) is 0 Å². The molecular formula is C19H19BrN6O3S. The van der Waals surface area contributed by atoms with Gasteiger partial charge in [-0.05, 0) is 65.8 Å². The van der Waals surface area contributed by atoms with Gasteiger partial charge in [-0.15, -0.1) is 0 Å². The molecule has 0 aliphatic heterocycles. The minimum Gasteiger partial charge on any atom is -0.366 e. The molecule has 0 aliphatic rings. The average molecular weight is 491 g/mol. The van der Waals surface area contributed by atoms with E-state index >= 15 is 0 Å². The third kappa shape index (κ3) is 4.75. The van der Waals surface area contributed by atoms with Crippen LogP contribution in [-0.4, -0.2) is 31.3 Å². The van der Waals surface area contributed by atoms with Crippen LogP contribution in [0.25, 0.3) is 0 Å². The van der Waals surface area contributed by atoms with Crippen LogP contribution in [0.3, 0.4) is 0 Å². The van der Waals surface area contributed by atoms with Crippen molar-refractivity contribution in [3.05, 3.63) is 64.3 Å². The molecule has 5 N–H and O–H groups in total. The Hall–Kier alpha value is -3.02. The van der Waals surface area contributed by atoms with Gasteiger partial charge in [0, 0.05) is 11.9 Å². The summed E-state index contributed by atoms with van der Waals surface area (Å²) in [6, 6.07) is 11.5. The van der Waals surface area contributed by atoms with Gasteiger partial charge in [0.2, 0.25) is 16.0 Å². The highest BCUT2D eigenvalue weighted by atomic mass is 79.9. The number of primary amides is 1. The van der Waals surface area contributed by atoms with Gasteiger partial charge in [0.25, 0.3) is 5.91 Å². The van der Waals surface area contributed by atoms with Crippen LogP contribution in [0, 0.1) is 6.92 Å². The smallest absolute Gasteiger partial charge is 0.251 e. The van der Waals surface area contributed by atoms with Crippen molar-refractivity contribution in [1.82, 2.24) is 14.7 Å². The lowest BCUT2D eigenvalue weighted by Crippen LogP contribution is -2.18. The fourth-order valence-corrected chi connectivity index (χ4v) is 3.73. The second-order valence-corrected chi connectivity index (χ2v) is 8.97. The molecule has 0 aliphatic carbocycles. The van der Waals surface area contributed by atoms with E-state index in [-0.39, 0.29) is 10.8 Å². The van der Waals surface area contributed by atoms with Crippen molar-refractivity contribution < 1.29 is 13.2 Å². The molecule has 3 rings (SSSR count). The van der Waals surface area contributed by atoms with E-state index in [0.717, 1.165) is 5.56 Å². The summed E-state index contributed by atoms with van der Waals surface area (Å²) in [7, 11) is -2.16. The zero-order valence-corrected chi connectivity index (χ0v) is 18.5. The molecule has 0 fully saturated rings. The maximum absolute atomic E-state index is 11.8. The molecule has 1 aromatic heterocycles. The predicted molar refractivity (Wildman–Crippen MR) is 119 cm³/mol. The van der Waals surface area contributed by atoms with E-state index in [1.807, 2.05) is 0 Å². The van der Waals surface area contributed by atoms with E-state index in [9.17, 15) is 13.2 Å². The number of benzene rings is 2. The molecule has 9 nitrogen and oxygen atoms in total. The molecule has 2 aromatic carbocycles. The van der Waals surface area contributed by atoms with Crippen LogP contribution in [-0.2, 0) is 10.0 Å². The first-order valence-electron chi connectivity index (χ1n) is 8.71. The van der Waals surface area contributed by atoms with E-state index in [1.165, 1.54) is 19.2 Å². The lowest BCUT2D eigenvalue weighted by atomic mass is 10.1. The number of hydrogen-bond acceptors (Lipinski definition) is 7. The normalized spacial score (nSPS) is 11.2. The van der Waals surface area contributed by atoms with Crippen LogP contribution in [0.1, 0.15) is 15.9 Å². The number of hydrogen-bond donors (Lipinski definition) is 4. The molecular weight excluding hydrogens is 472 g/mol. The fourth-order valence-electron chi connectivity index (χ4n) is 2.71. The van der Waals surface area contributed by atoms with Crippen LogP contribution >= 0.6 is 15.9 Å². The highest BCUT2D eigenvalue weighted by Gasteiger charge is 2.14. The number of aryl methyl sites for hydroxylation is 1. The third-order valence-corrected chi connectivity index (χ3v) is 6.22. The van der Waals surface area contributed by atoms with E-state index in [0.29, 0.717) is 27.2 Å². The lowest BCUT2D eigenvalue weighted by molar-refractivity contribution is 0.100. The van der Waals surface area contributed by atoms with E-state index in [2.05, 4.69) is 41.3 Å². The summed E-state index contributed by atoms with van der Waals surface area (Å²) in [6.45, 7) is 1.80. The Morgan fingerprint density at radius 3 is 2.43 bits per heavy atom. The van der Waals surface area contributed by atoms with Crippen molar-refractivity contribution in [3.8, 4) is 0 Å². The molecule has 1 amide bonds. The Labute approximate surface area is 182 Å². The van der Waals surface area contributed by atoms with E-state index in [1.54, 1.807) is 43.5 Å². The Morgan fingerprint density at radius 1 is 1.10 bits per heavy atom. The molecule has 3 aromatic rings. The number of anilines is 4. The van der Waals surface area contributed by atoms with Crippen LogP contribution < -0.4 is 21.1 Å². The highest BCUT2D eigenvalue weighted by Crippen LogP contribution is 2.28. The lowest BCUT2D eigenvalue weighted by Gasteiger charge is -2.14. The van der Waals surface area contributed by atoms with Gasteiger partial charge in [0.1, 0.15) is 5.82 Å². The predicted octanol–water partition coefficient (Wildman–Crippen LogP) is 3.04. The molecule has 0 saturated heterocycles. The maximum Gasteiger partial charge on any atom is 0.251 e. The number of carbonyl (C=O) groups excluding carboxylic acids is 1. The van der Waals surface area contributed by atoms with Crippen molar-refractivity contribution in [2.24, 2.45) is 5.73 Å². The molecule has 11 heteroatoms. The topological polar surface area (TPSA) is 139 Å². The number of nitrogens with zero attached hydrogens (tertiary/aromatic N) is 2. The number of amides is 1. The summed E-state index contributed by atoms with van der Waals surface area (Å²) >= 11 is 3.39. The molecule has 0 saturated carbocycles. The van der Waals surface area contributed by atoms with Crippen molar-refractivity contribution in [1.29, 1.82) is 0 Å². The first-order chi connectivity index (χ1) is 14.2. The number of sulfonamides is 1. The summed E-state index contributed by atoms with van der Waals surface area (Å²) in [5.41, 5.74) is 7.75. The van der Waals surface area contributed by atoms with Gasteiger partial charge in [-0.2, -0.15) is 4.98 Å². The molecule has 1 heterocycles. The third-order valence-electron chi connectivity index (χ3n) is 4.21. The fraction of sp³-hybridized carbons (Fsp3) is 0.105. The number of rotatable bonds is 7. The summed E-state index contributed by atoms with van der Waals surface area (Å²) in [5.74, 6) is 0.156. The van der Waals surface area contributed by atoms with Gasteiger partial charge < -0.3 is 16.4 Å². The van der Waals surface area contributed by atoms with Crippen molar-refractivity contribution >= 4 is 55.0 Å². The maximum atomic E-state index is 11.8. The second-order valence-electron chi connectivity index (χ2n) is 6.23. The monoisotopic (exact) mass is 490 g/mol. The van der Waals surface area contributed by atoms with E-state index < -0.39 is 15.9 Å². The van der Waals surface area contributed by atoms with Gasteiger partial charge in [0.15, 0.2) is 0 Å². The standard InChI is InChI=1S/C19H19BrN6O3S/c1-11-4-3-5-15(16(11)17(21)27)25-18-14(20)10-23-19(26-18)24-12-6-8-13(9-7-12)30(28,29)22-2/h3-10,22H,1-2H3,(H2,21,27)(H2,23,24,25,26). The Kier molecular flexibility index (Phi) is 6.34. The molecule has 0 bridgehead atoms. The molecule has 0 spiro atoms. The van der Waals surface area contributed by atoms with Crippen LogP contribution in [0.4, 0.5) is 23.1 Å². The largest absolute Gasteiger partial charge is 0.366 e. The molecule has 0 atom stereocenters. The summed E-state index contributed by atoms with van der Waals surface area (Å²) < 4.78 is 26.5. The Morgan fingerprint density at radius 2 is 1.80 bits per heavy atom. The summed E-state index contributed by atoms with van der Waals surface area (Å²) in [5, 5.41) is 6.11. The quantitative estimate of drug-likeness (QED) is 0.398. The number of aromatic nitrogens is 2. The van der Waals surface area contributed by atoms with Gasteiger partial charge >= 0.3 is 0 Å². The summed E-state index contributed by atoms with van der Waals surface area (Å²) in [6.07, 6.45) is 1.55. The Balaban J connectivity index is 1.86. The van der Waals surface area contributed by atoms with Gasteiger partial charge in [-0.1, -0.05) is 12.1 Å². The van der Waals surface area contributed by atoms with Gasteiger partial charge in [-0.25, -0.2) is 18.1 Å². The molecule has 156 valence electrons. The minimum atomic E-state index is -3.51. The zero-order valence-electron chi connectivity index (χ0n) is 16.1. The van der Waals surface area contributed by atoms with Gasteiger partial charge in [0.05, 0.1) is 20.6 Å². The Bertz CT molecular complexity index is 1200. The molecule has 30 heavy (non-hydrogen) atoms. The molecule has 0 unspecified atom stereocenters. The average Bonchev–Trinajstić information content (AvgIpc) is 2.70.